The van der Waals surface area contributed by atoms with Gasteiger partial charge in [-0.1, -0.05) is 6.07 Å². The highest BCUT2D eigenvalue weighted by atomic mass is 35.5. The van der Waals surface area contributed by atoms with Gasteiger partial charge in [0.25, 0.3) is 11.8 Å². The van der Waals surface area contributed by atoms with Gasteiger partial charge in [-0.25, -0.2) is 9.69 Å². The number of rotatable bonds is 5. The van der Waals surface area contributed by atoms with Crippen molar-refractivity contribution < 1.29 is 19.1 Å². The SMILES string of the molecule is Cc1[nH]c(C=C2C(=O)Nc3ccc(CN4C(=O)COC4=O)cc32)c(C)c1CN1C[C@H]2C[C@H]2C1.Cl. The molecule has 2 atom stereocenters. The summed E-state index contributed by atoms with van der Waals surface area (Å²) in [6.45, 7) is 7.42. The van der Waals surface area contributed by atoms with Crippen LogP contribution in [0.15, 0.2) is 18.2 Å². The van der Waals surface area contributed by atoms with Crippen molar-refractivity contribution in [2.75, 3.05) is 25.0 Å². The Labute approximate surface area is 203 Å². The number of cyclic esters (lactones) is 1. The summed E-state index contributed by atoms with van der Waals surface area (Å²) < 4.78 is 4.79. The fourth-order valence-electron chi connectivity index (χ4n) is 5.38. The number of hydrogen-bond donors (Lipinski definition) is 2. The number of aromatic nitrogens is 1. The molecule has 0 bridgehead atoms. The van der Waals surface area contributed by atoms with Crippen molar-refractivity contribution >= 4 is 47.7 Å². The summed E-state index contributed by atoms with van der Waals surface area (Å²) in [6, 6.07) is 5.48. The summed E-state index contributed by atoms with van der Waals surface area (Å²) in [6.07, 6.45) is 2.67. The number of nitrogens with zero attached hydrogens (tertiary/aromatic N) is 2. The lowest BCUT2D eigenvalue weighted by Gasteiger charge is -2.17. The van der Waals surface area contributed by atoms with Crippen LogP contribution in [0.3, 0.4) is 0 Å². The average Bonchev–Trinajstić information content (AvgIpc) is 3.00. The van der Waals surface area contributed by atoms with Crippen molar-refractivity contribution in [2.24, 2.45) is 11.8 Å². The summed E-state index contributed by atoms with van der Waals surface area (Å²) in [7, 11) is 0. The summed E-state index contributed by atoms with van der Waals surface area (Å²) in [5, 5.41) is 2.91. The zero-order chi connectivity index (χ0) is 22.9. The van der Waals surface area contributed by atoms with E-state index in [1.807, 2.05) is 24.3 Å². The molecule has 1 aliphatic carbocycles. The molecule has 4 aliphatic rings. The second kappa shape index (κ2) is 8.29. The molecule has 1 aromatic carbocycles. The lowest BCUT2D eigenvalue weighted by Crippen LogP contribution is -2.28. The standard InChI is InChI=1S/C25H26N4O4.ClH/c1-13-20(11-28-9-16-6-17(16)10-28)14(2)26-22(13)7-19-18-5-15(3-4-21(18)27-24(19)31)8-29-23(30)12-33-25(29)32;/h3-5,7,16-17,26H,6,8-12H2,1-2H3,(H,27,31);1H/t16-,17+;. The molecule has 178 valence electrons. The van der Waals surface area contributed by atoms with Crippen LogP contribution in [0.2, 0.25) is 0 Å². The third-order valence-electron chi connectivity index (χ3n) is 7.40. The van der Waals surface area contributed by atoms with Gasteiger partial charge in [0.15, 0.2) is 6.61 Å². The number of anilines is 1. The lowest BCUT2D eigenvalue weighted by molar-refractivity contribution is -0.126. The molecule has 1 saturated carbocycles. The number of benzene rings is 1. The first kappa shape index (κ1) is 22.7. The van der Waals surface area contributed by atoms with Crippen LogP contribution in [-0.4, -0.2) is 52.4 Å². The van der Waals surface area contributed by atoms with Gasteiger partial charge in [0, 0.05) is 42.3 Å². The number of piperidine rings is 1. The van der Waals surface area contributed by atoms with Gasteiger partial charge in [-0.05, 0) is 67.0 Å². The molecular formula is C25H27ClN4O4. The highest BCUT2D eigenvalue weighted by Crippen LogP contribution is 2.45. The predicted octanol–water partition coefficient (Wildman–Crippen LogP) is 3.48. The van der Waals surface area contributed by atoms with Gasteiger partial charge in [-0.3, -0.25) is 14.5 Å². The van der Waals surface area contributed by atoms with Crippen LogP contribution >= 0.6 is 12.4 Å². The maximum atomic E-state index is 12.8. The fourth-order valence-corrected chi connectivity index (χ4v) is 5.38. The van der Waals surface area contributed by atoms with E-state index >= 15 is 0 Å². The zero-order valence-electron chi connectivity index (χ0n) is 19.1. The van der Waals surface area contributed by atoms with Crippen molar-refractivity contribution in [1.29, 1.82) is 0 Å². The number of fused-ring (bicyclic) bond motifs is 2. The number of carbonyl (C=O) groups excluding carboxylic acids is 3. The fraction of sp³-hybridized carbons (Fsp3) is 0.400. The molecule has 4 heterocycles. The maximum Gasteiger partial charge on any atom is 0.417 e. The largest absolute Gasteiger partial charge is 0.439 e. The monoisotopic (exact) mass is 482 g/mol. The van der Waals surface area contributed by atoms with Crippen molar-refractivity contribution in [3.63, 3.8) is 0 Å². The first-order valence-corrected chi connectivity index (χ1v) is 11.4. The molecule has 0 radical (unpaired) electrons. The molecule has 3 fully saturated rings. The van der Waals surface area contributed by atoms with E-state index in [9.17, 15) is 14.4 Å². The number of amides is 3. The Kier molecular flexibility index (Phi) is 5.53. The molecule has 3 amide bonds. The normalized spacial score (nSPS) is 24.2. The summed E-state index contributed by atoms with van der Waals surface area (Å²) in [5.41, 5.74) is 7.38. The lowest BCUT2D eigenvalue weighted by atomic mass is 10.0. The van der Waals surface area contributed by atoms with Crippen molar-refractivity contribution in [3.8, 4) is 0 Å². The van der Waals surface area contributed by atoms with Crippen molar-refractivity contribution in [3.05, 3.63) is 51.8 Å². The van der Waals surface area contributed by atoms with Crippen LogP contribution in [0.4, 0.5) is 10.5 Å². The minimum absolute atomic E-state index is 0. The van der Waals surface area contributed by atoms with Crippen LogP contribution in [0.1, 0.15) is 40.1 Å². The van der Waals surface area contributed by atoms with Crippen LogP contribution in [-0.2, 0) is 27.4 Å². The van der Waals surface area contributed by atoms with E-state index in [-0.39, 0.29) is 37.4 Å². The van der Waals surface area contributed by atoms with Crippen LogP contribution < -0.4 is 5.32 Å². The molecule has 2 saturated heterocycles. The van der Waals surface area contributed by atoms with E-state index in [1.165, 1.54) is 30.6 Å². The first-order chi connectivity index (χ1) is 15.9. The van der Waals surface area contributed by atoms with E-state index in [0.29, 0.717) is 5.57 Å². The number of imide groups is 1. The Morgan fingerprint density at radius 1 is 1.12 bits per heavy atom. The molecule has 1 aromatic heterocycles. The zero-order valence-corrected chi connectivity index (χ0v) is 20.0. The highest BCUT2D eigenvalue weighted by Gasteiger charge is 2.45. The Morgan fingerprint density at radius 2 is 1.88 bits per heavy atom. The number of hydrogen-bond acceptors (Lipinski definition) is 5. The summed E-state index contributed by atoms with van der Waals surface area (Å²) >= 11 is 0. The minimum Gasteiger partial charge on any atom is -0.439 e. The van der Waals surface area contributed by atoms with E-state index in [2.05, 4.69) is 29.0 Å². The Hall–Kier alpha value is -3.10. The van der Waals surface area contributed by atoms with Crippen molar-refractivity contribution in [2.45, 2.75) is 33.4 Å². The number of aromatic amines is 1. The van der Waals surface area contributed by atoms with Gasteiger partial charge in [0.05, 0.1) is 12.1 Å². The molecule has 9 heteroatoms. The van der Waals surface area contributed by atoms with Gasteiger partial charge < -0.3 is 15.0 Å². The number of aryl methyl sites for hydroxylation is 1. The topological polar surface area (TPSA) is 94.7 Å². The van der Waals surface area contributed by atoms with Gasteiger partial charge in [-0.2, -0.15) is 0 Å². The second-order valence-electron chi connectivity index (χ2n) is 9.64. The van der Waals surface area contributed by atoms with Gasteiger partial charge in [0.2, 0.25) is 0 Å². The highest BCUT2D eigenvalue weighted by molar-refractivity contribution is 6.34. The Morgan fingerprint density at radius 3 is 2.59 bits per heavy atom. The van der Waals surface area contributed by atoms with Crippen molar-refractivity contribution in [1.82, 2.24) is 14.8 Å². The predicted molar refractivity (Wildman–Crippen MR) is 129 cm³/mol. The third kappa shape index (κ3) is 3.80. The Balaban J connectivity index is 0.00000241. The molecule has 2 aromatic rings. The van der Waals surface area contributed by atoms with E-state index in [1.54, 1.807) is 0 Å². The minimum atomic E-state index is -0.634. The quantitative estimate of drug-likeness (QED) is 0.636. The first-order valence-electron chi connectivity index (χ1n) is 11.4. The van der Waals surface area contributed by atoms with Gasteiger partial charge in [-0.15, -0.1) is 12.4 Å². The van der Waals surface area contributed by atoms with Crippen LogP contribution in [0, 0.1) is 25.7 Å². The molecule has 6 rings (SSSR count). The molecule has 3 aliphatic heterocycles. The number of carbonyl (C=O) groups is 3. The molecule has 2 N–H and O–H groups in total. The summed E-state index contributed by atoms with van der Waals surface area (Å²) in [4.78, 5) is 43.6. The number of H-pyrrole nitrogens is 1. The third-order valence-corrected chi connectivity index (χ3v) is 7.40. The van der Waals surface area contributed by atoms with Gasteiger partial charge >= 0.3 is 6.09 Å². The molecular weight excluding hydrogens is 456 g/mol. The van der Waals surface area contributed by atoms with Gasteiger partial charge in [0.1, 0.15) is 0 Å². The van der Waals surface area contributed by atoms with E-state index in [0.717, 1.165) is 51.5 Å². The molecule has 0 spiro atoms. The molecule has 0 unspecified atom stereocenters. The van der Waals surface area contributed by atoms with Crippen LogP contribution in [0.5, 0.6) is 0 Å². The Bertz CT molecular complexity index is 1220. The maximum absolute atomic E-state index is 12.8. The summed E-state index contributed by atoms with van der Waals surface area (Å²) in [5.74, 6) is 1.28. The smallest absolute Gasteiger partial charge is 0.417 e. The van der Waals surface area contributed by atoms with E-state index < -0.39 is 6.09 Å². The molecule has 34 heavy (non-hydrogen) atoms. The average molecular weight is 483 g/mol. The van der Waals surface area contributed by atoms with E-state index in [4.69, 9.17) is 4.74 Å². The number of halogens is 1. The second-order valence-corrected chi connectivity index (χ2v) is 9.64. The molecule has 8 nitrogen and oxygen atoms in total. The number of likely N-dealkylation sites (tertiary alicyclic amines) is 1. The number of nitrogens with one attached hydrogen (secondary N) is 2. The van der Waals surface area contributed by atoms with Crippen LogP contribution in [0.25, 0.3) is 11.6 Å². The number of ether oxygens (including phenoxy) is 1.